The second kappa shape index (κ2) is 4.75. The molecule has 4 heteroatoms. The summed E-state index contributed by atoms with van der Waals surface area (Å²) in [6.07, 6.45) is 2.49. The van der Waals surface area contributed by atoms with Gasteiger partial charge in [-0.25, -0.2) is 0 Å². The van der Waals surface area contributed by atoms with Gasteiger partial charge in [-0.3, -0.25) is 0 Å². The Hall–Kier alpha value is -1.16. The number of halogens is 1. The summed E-state index contributed by atoms with van der Waals surface area (Å²) in [4.78, 5) is 0. The molecule has 0 saturated heterocycles. The fourth-order valence-corrected chi connectivity index (χ4v) is 2.92. The minimum Gasteiger partial charge on any atom is -0.310 e. The van der Waals surface area contributed by atoms with Crippen molar-refractivity contribution < 1.29 is 0 Å². The molecule has 19 heavy (non-hydrogen) atoms. The first-order valence-corrected chi connectivity index (χ1v) is 7.82. The van der Waals surface area contributed by atoms with Gasteiger partial charge in [0.05, 0.1) is 5.33 Å². The topological polar surface area (TPSA) is 30.7 Å². The van der Waals surface area contributed by atoms with Crippen LogP contribution < -0.4 is 0 Å². The number of aromatic nitrogens is 3. The Morgan fingerprint density at radius 2 is 1.89 bits per heavy atom. The third kappa shape index (κ3) is 2.22. The highest BCUT2D eigenvalue weighted by Crippen LogP contribution is 2.41. The molecule has 1 aliphatic carbocycles. The Bertz CT molecular complexity index is 570. The van der Waals surface area contributed by atoms with E-state index in [1.165, 1.54) is 18.4 Å². The van der Waals surface area contributed by atoms with Crippen molar-refractivity contribution in [2.45, 2.75) is 43.5 Å². The van der Waals surface area contributed by atoms with Gasteiger partial charge in [0.25, 0.3) is 0 Å². The summed E-state index contributed by atoms with van der Waals surface area (Å²) in [6.45, 7) is 4.45. The van der Waals surface area contributed by atoms with Gasteiger partial charge >= 0.3 is 0 Å². The standard InChI is InChI=1S/C15H18BrN3/c1-15(2,11-6-4-3-5-7-11)14-18-17-13(10-16)19(14)12-8-9-12/h3-7,12H,8-10H2,1-2H3. The third-order valence-electron chi connectivity index (χ3n) is 3.85. The number of hydrogen-bond acceptors (Lipinski definition) is 2. The number of rotatable bonds is 4. The van der Waals surface area contributed by atoms with Crippen LogP contribution in [0.4, 0.5) is 0 Å². The fourth-order valence-electron chi connectivity index (χ4n) is 2.54. The zero-order chi connectivity index (χ0) is 13.5. The number of hydrogen-bond donors (Lipinski definition) is 0. The van der Waals surface area contributed by atoms with Crippen molar-refractivity contribution in [3.05, 3.63) is 47.5 Å². The van der Waals surface area contributed by atoms with Crippen molar-refractivity contribution in [2.75, 3.05) is 0 Å². The van der Waals surface area contributed by atoms with Crippen LogP contribution in [0.1, 0.15) is 49.9 Å². The second-order valence-electron chi connectivity index (χ2n) is 5.67. The first-order chi connectivity index (χ1) is 9.14. The highest BCUT2D eigenvalue weighted by atomic mass is 79.9. The summed E-state index contributed by atoms with van der Waals surface area (Å²) in [5, 5.41) is 9.60. The molecule has 3 nitrogen and oxygen atoms in total. The van der Waals surface area contributed by atoms with Gasteiger partial charge in [-0.15, -0.1) is 10.2 Å². The van der Waals surface area contributed by atoms with Crippen molar-refractivity contribution in [1.82, 2.24) is 14.8 Å². The SMILES string of the molecule is CC(C)(c1ccccc1)c1nnc(CBr)n1C1CC1. The summed E-state index contributed by atoms with van der Waals surface area (Å²) in [5.41, 5.74) is 1.17. The second-order valence-corrected chi connectivity index (χ2v) is 6.23. The minimum absolute atomic E-state index is 0.114. The van der Waals surface area contributed by atoms with E-state index in [2.05, 4.69) is 74.9 Å². The molecule has 1 saturated carbocycles. The van der Waals surface area contributed by atoms with Gasteiger partial charge in [0, 0.05) is 11.5 Å². The van der Waals surface area contributed by atoms with Crippen LogP contribution in [0, 0.1) is 0 Å². The van der Waals surface area contributed by atoms with Crippen LogP contribution >= 0.6 is 15.9 Å². The molecule has 1 fully saturated rings. The zero-order valence-electron chi connectivity index (χ0n) is 11.3. The van der Waals surface area contributed by atoms with Crippen molar-refractivity contribution in [1.29, 1.82) is 0 Å². The quantitative estimate of drug-likeness (QED) is 0.802. The van der Waals surface area contributed by atoms with Crippen LogP contribution in [-0.4, -0.2) is 14.8 Å². The molecule has 0 amide bonds. The average Bonchev–Trinajstić information content (AvgIpc) is 3.18. The van der Waals surface area contributed by atoms with E-state index >= 15 is 0 Å². The molecule has 2 aromatic rings. The van der Waals surface area contributed by atoms with E-state index in [9.17, 15) is 0 Å². The van der Waals surface area contributed by atoms with E-state index in [1.807, 2.05) is 0 Å². The van der Waals surface area contributed by atoms with Crippen LogP contribution in [0.2, 0.25) is 0 Å². The molecule has 0 aliphatic heterocycles. The highest BCUT2D eigenvalue weighted by Gasteiger charge is 2.36. The Kier molecular flexibility index (Phi) is 3.21. The molecule has 0 atom stereocenters. The highest BCUT2D eigenvalue weighted by molar-refractivity contribution is 9.08. The molecule has 1 aromatic carbocycles. The maximum absolute atomic E-state index is 4.48. The summed E-state index contributed by atoms with van der Waals surface area (Å²) in [6, 6.07) is 11.1. The molecule has 1 heterocycles. The van der Waals surface area contributed by atoms with Gasteiger partial charge in [0.15, 0.2) is 0 Å². The minimum atomic E-state index is -0.114. The third-order valence-corrected chi connectivity index (χ3v) is 4.35. The van der Waals surface area contributed by atoms with E-state index in [1.54, 1.807) is 0 Å². The maximum atomic E-state index is 4.48. The lowest BCUT2D eigenvalue weighted by Gasteiger charge is -2.25. The van der Waals surface area contributed by atoms with Crippen LogP contribution in [0.5, 0.6) is 0 Å². The van der Waals surface area contributed by atoms with Crippen LogP contribution in [0.25, 0.3) is 0 Å². The first-order valence-electron chi connectivity index (χ1n) is 6.70. The van der Waals surface area contributed by atoms with Gasteiger partial charge in [0.2, 0.25) is 0 Å². The van der Waals surface area contributed by atoms with Crippen LogP contribution in [0.15, 0.2) is 30.3 Å². The average molecular weight is 320 g/mol. The molecular formula is C15H18BrN3. The first kappa shape index (κ1) is 12.9. The van der Waals surface area contributed by atoms with Gasteiger partial charge in [0.1, 0.15) is 11.6 Å². The van der Waals surface area contributed by atoms with E-state index < -0.39 is 0 Å². The summed E-state index contributed by atoms with van der Waals surface area (Å²) >= 11 is 3.52. The largest absolute Gasteiger partial charge is 0.310 e. The summed E-state index contributed by atoms with van der Waals surface area (Å²) in [7, 11) is 0. The molecule has 1 aliphatic rings. The molecule has 0 unspecified atom stereocenters. The van der Waals surface area contributed by atoms with Crippen molar-refractivity contribution in [3.63, 3.8) is 0 Å². The van der Waals surface area contributed by atoms with Crippen molar-refractivity contribution in [3.8, 4) is 0 Å². The number of nitrogens with zero attached hydrogens (tertiary/aromatic N) is 3. The lowest BCUT2D eigenvalue weighted by atomic mass is 9.83. The molecule has 0 bridgehead atoms. The van der Waals surface area contributed by atoms with E-state index in [4.69, 9.17) is 0 Å². The fraction of sp³-hybridized carbons (Fsp3) is 0.467. The van der Waals surface area contributed by atoms with E-state index in [0.717, 1.165) is 17.0 Å². The Labute approximate surface area is 122 Å². The zero-order valence-corrected chi connectivity index (χ0v) is 12.9. The van der Waals surface area contributed by atoms with Crippen LogP contribution in [0.3, 0.4) is 0 Å². The van der Waals surface area contributed by atoms with Gasteiger partial charge in [-0.1, -0.05) is 46.3 Å². The summed E-state index contributed by atoms with van der Waals surface area (Å²) in [5.74, 6) is 2.12. The lowest BCUT2D eigenvalue weighted by molar-refractivity contribution is 0.529. The molecule has 3 rings (SSSR count). The van der Waals surface area contributed by atoms with Crippen molar-refractivity contribution >= 4 is 15.9 Å². The number of benzene rings is 1. The van der Waals surface area contributed by atoms with Gasteiger partial charge in [-0.2, -0.15) is 0 Å². The molecule has 0 N–H and O–H groups in total. The van der Waals surface area contributed by atoms with Gasteiger partial charge in [-0.05, 0) is 32.3 Å². The molecule has 100 valence electrons. The molecule has 0 radical (unpaired) electrons. The monoisotopic (exact) mass is 319 g/mol. The smallest absolute Gasteiger partial charge is 0.143 e. The maximum Gasteiger partial charge on any atom is 0.143 e. The van der Waals surface area contributed by atoms with Crippen LogP contribution in [-0.2, 0) is 10.7 Å². The van der Waals surface area contributed by atoms with E-state index in [-0.39, 0.29) is 5.41 Å². The van der Waals surface area contributed by atoms with E-state index in [0.29, 0.717) is 6.04 Å². The lowest BCUT2D eigenvalue weighted by Crippen LogP contribution is -2.24. The van der Waals surface area contributed by atoms with Gasteiger partial charge < -0.3 is 4.57 Å². The predicted molar refractivity (Wildman–Crippen MR) is 79.5 cm³/mol. The molecular weight excluding hydrogens is 302 g/mol. The normalized spacial score (nSPS) is 15.7. The Morgan fingerprint density at radius 3 is 2.47 bits per heavy atom. The molecule has 0 spiro atoms. The van der Waals surface area contributed by atoms with Crippen molar-refractivity contribution in [2.24, 2.45) is 0 Å². The number of alkyl halides is 1. The summed E-state index contributed by atoms with van der Waals surface area (Å²) < 4.78 is 2.34. The Morgan fingerprint density at radius 1 is 1.21 bits per heavy atom. The Balaban J connectivity index is 2.08. The predicted octanol–water partition coefficient (Wildman–Crippen LogP) is 3.83. The molecule has 1 aromatic heterocycles.